The number of aryl methyl sites for hydroxylation is 2. The second kappa shape index (κ2) is 14.4. The molecule has 0 aliphatic heterocycles. The maximum Gasteiger partial charge on any atom is 0.123 e. The highest BCUT2D eigenvalue weighted by Crippen LogP contribution is 2.44. The highest BCUT2D eigenvalue weighted by Gasteiger charge is 2.27. The van der Waals surface area contributed by atoms with E-state index in [0.717, 1.165) is 43.0 Å². The first kappa shape index (κ1) is 33.7. The lowest BCUT2D eigenvalue weighted by Crippen LogP contribution is -2.26. The van der Waals surface area contributed by atoms with E-state index >= 15 is 0 Å². The summed E-state index contributed by atoms with van der Waals surface area (Å²) in [5, 5.41) is 5.64. The molecule has 0 spiro atoms. The van der Waals surface area contributed by atoms with Crippen LogP contribution in [0.1, 0.15) is 11.1 Å². The minimum Gasteiger partial charge on any atom is -0.207 e. The summed E-state index contributed by atoms with van der Waals surface area (Å²) in [5.41, 5.74) is 2.23. The number of hydrogen-bond donors (Lipinski definition) is 0. The number of rotatable bonds is 6. The molecule has 0 atom stereocenters. The third-order valence-electron chi connectivity index (χ3n) is 7.61. The van der Waals surface area contributed by atoms with E-state index in [0.29, 0.717) is 0 Å². The number of hydrogen-bond acceptors (Lipinski definition) is 2. The minimum atomic E-state index is -2.35. The summed E-state index contributed by atoms with van der Waals surface area (Å²) >= 11 is 12.2. The van der Waals surface area contributed by atoms with Crippen molar-refractivity contribution in [3.63, 3.8) is 0 Å². The Balaban J connectivity index is 0.000000181. The number of halogens is 4. The van der Waals surface area contributed by atoms with Crippen LogP contribution in [-0.2, 0) is 23.6 Å². The van der Waals surface area contributed by atoms with Crippen LogP contribution < -0.4 is 31.8 Å². The summed E-state index contributed by atoms with van der Waals surface area (Å²) < 4.78 is 53.3. The van der Waals surface area contributed by atoms with Crippen LogP contribution in [0.5, 0.6) is 0 Å². The summed E-state index contributed by atoms with van der Waals surface area (Å²) in [5.74, 6) is -1.17. The SMILES string of the molecule is Cc1ccc(P(=S)(c2ccc(F)cc2)c2ccc(F)cc2)cc1.Cc1ccccc1P(=S)(c1ccc(F)cc1)c1ccc(F)cc1. The Morgan fingerprint density at radius 2 is 0.652 bits per heavy atom. The molecule has 0 aliphatic rings. The van der Waals surface area contributed by atoms with E-state index in [1.807, 2.05) is 62.4 Å². The van der Waals surface area contributed by atoms with E-state index in [4.69, 9.17) is 23.6 Å². The van der Waals surface area contributed by atoms with Crippen LogP contribution >= 0.6 is 12.1 Å². The molecule has 0 heterocycles. The zero-order valence-corrected chi connectivity index (χ0v) is 28.5. The van der Waals surface area contributed by atoms with Crippen molar-refractivity contribution in [1.29, 1.82) is 0 Å². The molecule has 6 aromatic rings. The van der Waals surface area contributed by atoms with Gasteiger partial charge in [-0.1, -0.05) is 126 Å². The molecule has 0 nitrogen and oxygen atoms in total. The van der Waals surface area contributed by atoms with Crippen LogP contribution in [0.3, 0.4) is 0 Å². The summed E-state index contributed by atoms with van der Waals surface area (Å²) in [6.07, 6.45) is 0. The van der Waals surface area contributed by atoms with E-state index < -0.39 is 12.1 Å². The second-order valence-electron chi connectivity index (χ2n) is 10.7. The first-order chi connectivity index (χ1) is 22.0. The standard InChI is InChI=1S/2C19H15F2PS/c1-14-2-8-17(9-3-14)22(23,18-10-4-15(20)5-11-18)19-12-6-16(21)7-13-19;1-14-4-2-3-5-19(14)22(23,17-10-6-15(20)7-11-17)18-12-8-16(21)9-13-18/h2*2-13H,1H3. The molecule has 0 saturated heterocycles. The zero-order valence-electron chi connectivity index (χ0n) is 25.1. The summed E-state index contributed by atoms with van der Waals surface area (Å²) in [6.45, 7) is 4.03. The third kappa shape index (κ3) is 7.17. The largest absolute Gasteiger partial charge is 0.207 e. The Morgan fingerprint density at radius 1 is 0.370 bits per heavy atom. The topological polar surface area (TPSA) is 0 Å². The van der Waals surface area contributed by atoms with Gasteiger partial charge in [0.05, 0.1) is 0 Å². The van der Waals surface area contributed by atoms with Crippen molar-refractivity contribution in [3.8, 4) is 0 Å². The Hall–Kier alpha value is -3.66. The molecule has 46 heavy (non-hydrogen) atoms. The molecule has 8 heteroatoms. The minimum absolute atomic E-state index is 0.292. The average Bonchev–Trinajstić information content (AvgIpc) is 3.06. The Kier molecular flexibility index (Phi) is 10.6. The third-order valence-corrected chi connectivity index (χ3v) is 17.7. The van der Waals surface area contributed by atoms with Crippen molar-refractivity contribution in [2.24, 2.45) is 0 Å². The molecular formula is C38H30F4P2S2. The van der Waals surface area contributed by atoms with Gasteiger partial charge in [-0.15, -0.1) is 0 Å². The van der Waals surface area contributed by atoms with Crippen molar-refractivity contribution in [2.75, 3.05) is 0 Å². The van der Waals surface area contributed by atoms with Crippen molar-refractivity contribution in [2.45, 2.75) is 13.8 Å². The summed E-state index contributed by atoms with van der Waals surface area (Å²) in [4.78, 5) is 0. The van der Waals surface area contributed by atoms with E-state index in [2.05, 4.69) is 0 Å². The van der Waals surface area contributed by atoms with Gasteiger partial charge < -0.3 is 0 Å². The molecule has 0 N–H and O–H groups in total. The lowest BCUT2D eigenvalue weighted by Gasteiger charge is -2.25. The smallest absolute Gasteiger partial charge is 0.123 e. The van der Waals surface area contributed by atoms with Crippen LogP contribution in [0.4, 0.5) is 17.6 Å². The molecule has 0 saturated carbocycles. The zero-order chi connectivity index (χ0) is 32.9. The Bertz CT molecular complexity index is 1860. The monoisotopic (exact) mass is 688 g/mol. The van der Waals surface area contributed by atoms with Crippen LogP contribution in [-0.4, -0.2) is 0 Å². The fourth-order valence-electron chi connectivity index (χ4n) is 5.15. The van der Waals surface area contributed by atoms with Crippen LogP contribution in [0.2, 0.25) is 0 Å². The van der Waals surface area contributed by atoms with E-state index in [9.17, 15) is 17.6 Å². The lowest BCUT2D eigenvalue weighted by atomic mass is 10.2. The predicted octanol–water partition coefficient (Wildman–Crippen LogP) is 8.06. The van der Waals surface area contributed by atoms with Gasteiger partial charge in [0.25, 0.3) is 0 Å². The van der Waals surface area contributed by atoms with Gasteiger partial charge in [-0.25, -0.2) is 17.6 Å². The molecule has 0 radical (unpaired) electrons. The first-order valence-corrected chi connectivity index (χ1v) is 20.0. The van der Waals surface area contributed by atoms with Crippen LogP contribution in [0.15, 0.2) is 146 Å². The molecule has 0 bridgehead atoms. The van der Waals surface area contributed by atoms with E-state index in [1.54, 1.807) is 48.5 Å². The fourth-order valence-corrected chi connectivity index (χ4v) is 13.1. The lowest BCUT2D eigenvalue weighted by molar-refractivity contribution is 0.628. The van der Waals surface area contributed by atoms with Gasteiger partial charge >= 0.3 is 0 Å². The van der Waals surface area contributed by atoms with Gasteiger partial charge in [0, 0.05) is 12.1 Å². The van der Waals surface area contributed by atoms with E-state index in [1.165, 1.54) is 48.5 Å². The highest BCUT2D eigenvalue weighted by molar-refractivity contribution is 8.26. The normalized spacial score (nSPS) is 11.4. The molecule has 0 aromatic heterocycles. The summed E-state index contributed by atoms with van der Waals surface area (Å²) in [7, 11) is 0. The van der Waals surface area contributed by atoms with Gasteiger partial charge in [0.1, 0.15) is 23.3 Å². The molecule has 0 amide bonds. The predicted molar refractivity (Wildman–Crippen MR) is 194 cm³/mol. The fraction of sp³-hybridized carbons (Fsp3) is 0.0526. The maximum absolute atomic E-state index is 13.3. The molecular weight excluding hydrogens is 658 g/mol. The van der Waals surface area contributed by atoms with Gasteiger partial charge in [-0.2, -0.15) is 0 Å². The molecule has 0 fully saturated rings. The number of benzene rings is 6. The van der Waals surface area contributed by atoms with Gasteiger partial charge in [0.15, 0.2) is 0 Å². The second-order valence-corrected chi connectivity index (χ2v) is 19.5. The highest BCUT2D eigenvalue weighted by atomic mass is 32.4. The quantitative estimate of drug-likeness (QED) is 0.128. The molecule has 6 rings (SSSR count). The van der Waals surface area contributed by atoms with Crippen LogP contribution in [0.25, 0.3) is 0 Å². The van der Waals surface area contributed by atoms with Crippen molar-refractivity contribution in [3.05, 3.63) is 180 Å². The molecule has 0 aliphatic carbocycles. The average molecular weight is 689 g/mol. The Labute approximate surface area is 277 Å². The van der Waals surface area contributed by atoms with Gasteiger partial charge in [-0.3, -0.25) is 0 Å². The van der Waals surface area contributed by atoms with Gasteiger partial charge in [-0.05, 0) is 99.8 Å². The molecule has 232 valence electrons. The van der Waals surface area contributed by atoms with Gasteiger partial charge in [0.2, 0.25) is 0 Å². The molecule has 6 aromatic carbocycles. The van der Waals surface area contributed by atoms with Crippen molar-refractivity contribution >= 4 is 67.5 Å². The van der Waals surface area contributed by atoms with Crippen LogP contribution in [0, 0.1) is 37.1 Å². The Morgan fingerprint density at radius 3 is 0.978 bits per heavy atom. The molecule has 0 unspecified atom stereocenters. The maximum atomic E-state index is 13.3. The first-order valence-electron chi connectivity index (χ1n) is 14.4. The van der Waals surface area contributed by atoms with E-state index in [-0.39, 0.29) is 23.3 Å². The van der Waals surface area contributed by atoms with Crippen molar-refractivity contribution in [1.82, 2.24) is 0 Å². The summed E-state index contributed by atoms with van der Waals surface area (Å²) in [6, 6.07) is 36.7. The van der Waals surface area contributed by atoms with Crippen molar-refractivity contribution < 1.29 is 17.6 Å².